The molecule has 0 amide bonds. The van der Waals surface area contributed by atoms with Crippen molar-refractivity contribution < 1.29 is 9.47 Å². The van der Waals surface area contributed by atoms with Crippen LogP contribution in [0, 0.1) is 0 Å². The first-order valence-corrected chi connectivity index (χ1v) is 10.1. The van der Waals surface area contributed by atoms with Crippen LogP contribution >= 0.6 is 23.2 Å². The molecule has 4 heteroatoms. The first kappa shape index (κ1) is 17.0. The molecule has 0 aliphatic carbocycles. The van der Waals surface area contributed by atoms with E-state index < -0.39 is 5.41 Å². The molecule has 0 bridgehead atoms. The average Bonchev–Trinajstić information content (AvgIpc) is 2.72. The second-order valence-electron chi connectivity index (χ2n) is 7.29. The zero-order valence-electron chi connectivity index (χ0n) is 15.2. The smallest absolute Gasteiger partial charge is 0.191 e. The fraction of sp³-hybridized carbons (Fsp3) is 0.0400. The molecule has 0 saturated carbocycles. The molecule has 2 heterocycles. The zero-order valence-corrected chi connectivity index (χ0v) is 16.7. The Morgan fingerprint density at radius 1 is 0.552 bits per heavy atom. The van der Waals surface area contributed by atoms with Crippen molar-refractivity contribution in [1.82, 2.24) is 0 Å². The van der Waals surface area contributed by atoms with Crippen LogP contribution in [-0.2, 0) is 5.41 Å². The van der Waals surface area contributed by atoms with Crippen molar-refractivity contribution in [3.8, 4) is 11.5 Å². The predicted molar refractivity (Wildman–Crippen MR) is 118 cm³/mol. The van der Waals surface area contributed by atoms with Crippen molar-refractivity contribution in [2.24, 2.45) is 0 Å². The van der Waals surface area contributed by atoms with Crippen LogP contribution < -0.4 is 9.47 Å². The van der Waals surface area contributed by atoms with Gasteiger partial charge in [0.2, 0.25) is 0 Å². The first-order valence-electron chi connectivity index (χ1n) is 9.33. The van der Waals surface area contributed by atoms with Gasteiger partial charge < -0.3 is 9.47 Å². The van der Waals surface area contributed by atoms with E-state index in [1.165, 1.54) is 0 Å². The number of ether oxygens (including phenoxy) is 2. The fourth-order valence-corrected chi connectivity index (χ4v) is 5.12. The molecule has 140 valence electrons. The SMILES string of the molecule is ClC1=CC2(C=C(Cl)Oc3ccc4ccccc4c32)c2c(ccc3ccccc23)O1. The van der Waals surface area contributed by atoms with Gasteiger partial charge in [-0.25, -0.2) is 0 Å². The predicted octanol–water partition coefficient (Wildman–Crippen LogP) is 7.22. The topological polar surface area (TPSA) is 18.5 Å². The van der Waals surface area contributed by atoms with Crippen LogP contribution in [0.25, 0.3) is 21.5 Å². The second kappa shape index (κ2) is 6.03. The number of rotatable bonds is 0. The van der Waals surface area contributed by atoms with Gasteiger partial charge in [-0.2, -0.15) is 0 Å². The van der Waals surface area contributed by atoms with Crippen LogP contribution in [0.15, 0.2) is 95.4 Å². The van der Waals surface area contributed by atoms with Gasteiger partial charge in [-0.1, -0.05) is 60.7 Å². The molecule has 6 rings (SSSR count). The van der Waals surface area contributed by atoms with Gasteiger partial charge in [0.05, 0.1) is 5.41 Å². The van der Waals surface area contributed by atoms with Crippen LogP contribution in [0.5, 0.6) is 11.5 Å². The Balaban J connectivity index is 1.84. The van der Waals surface area contributed by atoms with Gasteiger partial charge in [-0.15, -0.1) is 0 Å². The highest BCUT2D eigenvalue weighted by Crippen LogP contribution is 2.55. The summed E-state index contributed by atoms with van der Waals surface area (Å²) in [5, 5.41) is 5.05. The van der Waals surface area contributed by atoms with Crippen LogP contribution in [0.2, 0.25) is 0 Å². The molecule has 2 aliphatic rings. The summed E-state index contributed by atoms with van der Waals surface area (Å²) >= 11 is 13.0. The third-order valence-electron chi connectivity index (χ3n) is 5.71. The number of halogens is 2. The minimum Gasteiger partial charge on any atom is -0.445 e. The molecule has 29 heavy (non-hydrogen) atoms. The third-order valence-corrected chi connectivity index (χ3v) is 6.08. The van der Waals surface area contributed by atoms with Crippen molar-refractivity contribution in [3.05, 3.63) is 107 Å². The van der Waals surface area contributed by atoms with Crippen molar-refractivity contribution >= 4 is 44.7 Å². The van der Waals surface area contributed by atoms with E-state index >= 15 is 0 Å². The molecular formula is C25H14Cl2O2. The summed E-state index contributed by atoms with van der Waals surface area (Å²) in [6.45, 7) is 0. The van der Waals surface area contributed by atoms with Gasteiger partial charge in [-0.05, 0) is 69.0 Å². The van der Waals surface area contributed by atoms with E-state index in [1.807, 2.05) is 60.7 Å². The molecule has 0 fully saturated rings. The number of hydrogen-bond donors (Lipinski definition) is 0. The molecule has 2 nitrogen and oxygen atoms in total. The summed E-state index contributed by atoms with van der Waals surface area (Å²) in [7, 11) is 0. The summed E-state index contributed by atoms with van der Waals surface area (Å²) in [5.74, 6) is 1.44. The normalized spacial score (nSPS) is 16.5. The summed E-state index contributed by atoms with van der Waals surface area (Å²) < 4.78 is 11.9. The summed E-state index contributed by atoms with van der Waals surface area (Å²) in [6, 6.07) is 24.6. The van der Waals surface area contributed by atoms with Crippen LogP contribution in [-0.4, -0.2) is 0 Å². The van der Waals surface area contributed by atoms with Gasteiger partial charge in [0.15, 0.2) is 10.4 Å². The molecule has 1 spiro atoms. The lowest BCUT2D eigenvalue weighted by Crippen LogP contribution is -2.31. The summed E-state index contributed by atoms with van der Waals surface area (Å²) in [5.41, 5.74) is 1.31. The van der Waals surface area contributed by atoms with Gasteiger partial charge in [0, 0.05) is 11.1 Å². The van der Waals surface area contributed by atoms with Crippen LogP contribution in [0.1, 0.15) is 11.1 Å². The van der Waals surface area contributed by atoms with E-state index in [4.69, 9.17) is 32.7 Å². The number of allylic oxidation sites excluding steroid dienone is 2. The lowest BCUT2D eigenvalue weighted by Gasteiger charge is -2.38. The quantitative estimate of drug-likeness (QED) is 0.301. The van der Waals surface area contributed by atoms with Gasteiger partial charge in [0.25, 0.3) is 0 Å². The lowest BCUT2D eigenvalue weighted by atomic mass is 9.69. The summed E-state index contributed by atoms with van der Waals surface area (Å²) in [6.07, 6.45) is 3.86. The third kappa shape index (κ3) is 2.37. The Hall–Kier alpha value is -2.94. The number of fused-ring (bicyclic) bond motifs is 8. The van der Waals surface area contributed by atoms with Gasteiger partial charge in [0.1, 0.15) is 11.5 Å². The maximum atomic E-state index is 6.51. The maximum absolute atomic E-state index is 6.51. The minimum atomic E-state index is -0.711. The second-order valence-corrected chi connectivity index (χ2v) is 8.03. The molecule has 0 saturated heterocycles. The first-order chi connectivity index (χ1) is 14.2. The fourth-order valence-electron chi connectivity index (χ4n) is 4.61. The molecule has 0 N–H and O–H groups in total. The molecule has 0 unspecified atom stereocenters. The largest absolute Gasteiger partial charge is 0.445 e. The molecule has 2 aliphatic heterocycles. The average molecular weight is 417 g/mol. The minimum absolute atomic E-state index is 0.314. The highest BCUT2D eigenvalue weighted by Gasteiger charge is 2.44. The van der Waals surface area contributed by atoms with Gasteiger partial charge in [-0.3, -0.25) is 0 Å². The highest BCUT2D eigenvalue weighted by atomic mass is 35.5. The molecular weight excluding hydrogens is 403 g/mol. The number of benzene rings is 4. The van der Waals surface area contributed by atoms with E-state index in [0.717, 1.165) is 44.2 Å². The van der Waals surface area contributed by atoms with Crippen LogP contribution in [0.4, 0.5) is 0 Å². The highest BCUT2D eigenvalue weighted by molar-refractivity contribution is 6.30. The Kier molecular flexibility index (Phi) is 3.53. The summed E-state index contributed by atoms with van der Waals surface area (Å²) in [4.78, 5) is 0. The number of hydrogen-bond acceptors (Lipinski definition) is 2. The van der Waals surface area contributed by atoms with E-state index in [2.05, 4.69) is 24.3 Å². The van der Waals surface area contributed by atoms with Gasteiger partial charge >= 0.3 is 0 Å². The van der Waals surface area contributed by atoms with E-state index in [9.17, 15) is 0 Å². The zero-order chi connectivity index (χ0) is 19.6. The van der Waals surface area contributed by atoms with Crippen molar-refractivity contribution in [3.63, 3.8) is 0 Å². The van der Waals surface area contributed by atoms with Crippen molar-refractivity contribution in [2.75, 3.05) is 0 Å². The molecule has 4 aromatic rings. The molecule has 4 aromatic carbocycles. The Labute approximate surface area is 177 Å². The van der Waals surface area contributed by atoms with Crippen molar-refractivity contribution in [1.29, 1.82) is 0 Å². The van der Waals surface area contributed by atoms with E-state index in [1.54, 1.807) is 0 Å². The van der Waals surface area contributed by atoms with Crippen LogP contribution in [0.3, 0.4) is 0 Å². The van der Waals surface area contributed by atoms with E-state index in [-0.39, 0.29) is 0 Å². The van der Waals surface area contributed by atoms with Crippen molar-refractivity contribution in [2.45, 2.75) is 5.41 Å². The Morgan fingerprint density at radius 2 is 1.00 bits per heavy atom. The lowest BCUT2D eigenvalue weighted by molar-refractivity contribution is 0.403. The Bertz CT molecular complexity index is 1280. The molecule has 0 atom stereocenters. The molecule has 0 aromatic heterocycles. The monoisotopic (exact) mass is 416 g/mol. The molecule has 0 radical (unpaired) electrons. The van der Waals surface area contributed by atoms with E-state index in [0.29, 0.717) is 10.4 Å². The maximum Gasteiger partial charge on any atom is 0.191 e. The standard InChI is InChI=1S/C25H14Cl2O2/c26-21-13-25(23-17-7-3-1-5-15(17)9-11-19(23)28-21)14-22(27)29-20-12-10-16-6-2-4-8-18(16)24(20)25/h1-14H. The Morgan fingerprint density at radius 3 is 1.48 bits per heavy atom.